The van der Waals surface area contributed by atoms with Crippen LogP contribution in [0.2, 0.25) is 0 Å². The fourth-order valence-corrected chi connectivity index (χ4v) is 4.09. The molecule has 2 aromatic carbocycles. The number of piperazine rings is 1. The SMILES string of the molecule is C[C@@H](CN(CCC(=O)N1CCNCC1)C(=O)c1ccc(C(C)(C)C)cc1)c1ccccc1. The first-order chi connectivity index (χ1) is 15.3. The molecule has 0 bridgehead atoms. The number of amides is 2. The molecule has 0 radical (unpaired) electrons. The third-order valence-electron chi connectivity index (χ3n) is 6.21. The van der Waals surface area contributed by atoms with Crippen LogP contribution in [-0.4, -0.2) is 60.9 Å². The van der Waals surface area contributed by atoms with E-state index in [0.717, 1.165) is 26.2 Å². The molecule has 1 fully saturated rings. The molecule has 1 N–H and O–H groups in total. The predicted molar refractivity (Wildman–Crippen MR) is 130 cm³/mol. The Labute approximate surface area is 192 Å². The molecule has 32 heavy (non-hydrogen) atoms. The Morgan fingerprint density at radius 2 is 1.62 bits per heavy atom. The summed E-state index contributed by atoms with van der Waals surface area (Å²) in [6.45, 7) is 12.8. The standard InChI is InChI=1S/C27H37N3O2/c1-21(22-8-6-5-7-9-22)20-30(17-14-25(31)29-18-15-28-16-19-29)26(32)23-10-12-24(13-11-23)27(2,3)4/h5-13,21,28H,14-20H2,1-4H3/t21-/m0/s1. The Balaban J connectivity index is 1.74. The molecular weight excluding hydrogens is 398 g/mol. The summed E-state index contributed by atoms with van der Waals surface area (Å²) in [6, 6.07) is 18.2. The van der Waals surface area contributed by atoms with Gasteiger partial charge in [0.05, 0.1) is 0 Å². The zero-order valence-corrected chi connectivity index (χ0v) is 19.9. The zero-order valence-electron chi connectivity index (χ0n) is 19.9. The molecule has 1 heterocycles. The first kappa shape index (κ1) is 24.0. The van der Waals surface area contributed by atoms with E-state index in [1.165, 1.54) is 11.1 Å². The molecule has 0 spiro atoms. The maximum Gasteiger partial charge on any atom is 0.253 e. The average Bonchev–Trinajstić information content (AvgIpc) is 2.81. The third-order valence-corrected chi connectivity index (χ3v) is 6.21. The summed E-state index contributed by atoms with van der Waals surface area (Å²) in [6.07, 6.45) is 0.354. The average molecular weight is 436 g/mol. The number of hydrogen-bond acceptors (Lipinski definition) is 3. The lowest BCUT2D eigenvalue weighted by Gasteiger charge is -2.30. The van der Waals surface area contributed by atoms with E-state index in [-0.39, 0.29) is 23.1 Å². The van der Waals surface area contributed by atoms with Gasteiger partial charge in [-0.15, -0.1) is 0 Å². The van der Waals surface area contributed by atoms with E-state index in [4.69, 9.17) is 0 Å². The van der Waals surface area contributed by atoms with Gasteiger partial charge in [0.1, 0.15) is 0 Å². The molecule has 1 atom stereocenters. The molecular formula is C27H37N3O2. The Bertz CT molecular complexity index is 881. The minimum absolute atomic E-state index is 0.0126. The first-order valence-corrected chi connectivity index (χ1v) is 11.7. The van der Waals surface area contributed by atoms with Crippen LogP contribution >= 0.6 is 0 Å². The summed E-state index contributed by atoms with van der Waals surface area (Å²) in [5.41, 5.74) is 3.11. The Kier molecular flexibility index (Phi) is 8.08. The van der Waals surface area contributed by atoms with Gasteiger partial charge in [-0.3, -0.25) is 9.59 Å². The number of carbonyl (C=O) groups is 2. The first-order valence-electron chi connectivity index (χ1n) is 11.7. The van der Waals surface area contributed by atoms with Crippen LogP contribution in [0, 0.1) is 0 Å². The lowest BCUT2D eigenvalue weighted by Crippen LogP contribution is -2.47. The molecule has 5 heteroatoms. The number of benzene rings is 2. The van der Waals surface area contributed by atoms with Crippen molar-refractivity contribution in [2.75, 3.05) is 39.3 Å². The summed E-state index contributed by atoms with van der Waals surface area (Å²) in [5, 5.41) is 3.28. The highest BCUT2D eigenvalue weighted by molar-refractivity contribution is 5.94. The molecule has 3 rings (SSSR count). The summed E-state index contributed by atoms with van der Waals surface area (Å²) in [7, 11) is 0. The molecule has 0 aliphatic carbocycles. The molecule has 2 amide bonds. The minimum atomic E-state index is -0.0126. The molecule has 1 saturated heterocycles. The van der Waals surface area contributed by atoms with Crippen LogP contribution in [0.25, 0.3) is 0 Å². The molecule has 5 nitrogen and oxygen atoms in total. The molecule has 1 aliphatic rings. The molecule has 0 unspecified atom stereocenters. The lowest BCUT2D eigenvalue weighted by molar-refractivity contribution is -0.131. The number of nitrogens with one attached hydrogen (secondary N) is 1. The molecule has 0 aromatic heterocycles. The maximum absolute atomic E-state index is 13.5. The minimum Gasteiger partial charge on any atom is -0.340 e. The van der Waals surface area contributed by atoms with Crippen molar-refractivity contribution in [3.63, 3.8) is 0 Å². The molecule has 2 aromatic rings. The van der Waals surface area contributed by atoms with Gasteiger partial charge in [-0.25, -0.2) is 0 Å². The van der Waals surface area contributed by atoms with Gasteiger partial charge in [0, 0.05) is 51.3 Å². The topological polar surface area (TPSA) is 52.7 Å². The lowest BCUT2D eigenvalue weighted by atomic mass is 9.86. The quantitative estimate of drug-likeness (QED) is 0.714. The van der Waals surface area contributed by atoms with Crippen molar-refractivity contribution in [1.29, 1.82) is 0 Å². The van der Waals surface area contributed by atoms with Gasteiger partial charge in [-0.2, -0.15) is 0 Å². The van der Waals surface area contributed by atoms with Gasteiger partial charge in [0.25, 0.3) is 5.91 Å². The summed E-state index contributed by atoms with van der Waals surface area (Å²) >= 11 is 0. The Morgan fingerprint density at radius 3 is 2.22 bits per heavy atom. The third kappa shape index (κ3) is 6.42. The highest BCUT2D eigenvalue weighted by atomic mass is 16.2. The van der Waals surface area contributed by atoms with Crippen molar-refractivity contribution in [3.8, 4) is 0 Å². The second-order valence-electron chi connectivity index (χ2n) is 9.77. The van der Waals surface area contributed by atoms with E-state index < -0.39 is 0 Å². The van der Waals surface area contributed by atoms with Crippen LogP contribution in [-0.2, 0) is 10.2 Å². The molecule has 172 valence electrons. The number of rotatable bonds is 7. The Hall–Kier alpha value is -2.66. The molecule has 0 saturated carbocycles. The van der Waals surface area contributed by atoms with E-state index in [2.05, 4.69) is 45.1 Å². The number of carbonyl (C=O) groups excluding carboxylic acids is 2. The van der Waals surface area contributed by atoms with Gasteiger partial charge >= 0.3 is 0 Å². The van der Waals surface area contributed by atoms with Crippen LogP contribution < -0.4 is 5.32 Å². The summed E-state index contributed by atoms with van der Waals surface area (Å²) in [5.74, 6) is 0.296. The fourth-order valence-electron chi connectivity index (χ4n) is 4.09. The summed E-state index contributed by atoms with van der Waals surface area (Å²) in [4.78, 5) is 29.9. The van der Waals surface area contributed by atoms with Crippen molar-refractivity contribution in [1.82, 2.24) is 15.1 Å². The van der Waals surface area contributed by atoms with Crippen LogP contribution in [0.1, 0.15) is 61.5 Å². The Morgan fingerprint density at radius 1 is 1.00 bits per heavy atom. The van der Waals surface area contributed by atoms with E-state index in [9.17, 15) is 9.59 Å². The second-order valence-corrected chi connectivity index (χ2v) is 9.77. The molecule has 1 aliphatic heterocycles. The van der Waals surface area contributed by atoms with E-state index in [0.29, 0.717) is 25.1 Å². The summed E-state index contributed by atoms with van der Waals surface area (Å²) < 4.78 is 0. The van der Waals surface area contributed by atoms with Crippen LogP contribution in [0.5, 0.6) is 0 Å². The van der Waals surface area contributed by atoms with Crippen LogP contribution in [0.4, 0.5) is 0 Å². The van der Waals surface area contributed by atoms with Crippen molar-refractivity contribution in [2.24, 2.45) is 0 Å². The fraction of sp³-hybridized carbons (Fsp3) is 0.481. The number of hydrogen-bond donors (Lipinski definition) is 1. The van der Waals surface area contributed by atoms with Crippen LogP contribution in [0.15, 0.2) is 54.6 Å². The maximum atomic E-state index is 13.5. The van der Waals surface area contributed by atoms with Gasteiger partial charge in [-0.05, 0) is 34.6 Å². The van der Waals surface area contributed by atoms with Gasteiger partial charge in [0.2, 0.25) is 5.91 Å². The van der Waals surface area contributed by atoms with Gasteiger partial charge in [-0.1, -0.05) is 70.2 Å². The van der Waals surface area contributed by atoms with Gasteiger partial charge < -0.3 is 15.1 Å². The van der Waals surface area contributed by atoms with E-state index >= 15 is 0 Å². The zero-order chi connectivity index (χ0) is 23.1. The van der Waals surface area contributed by atoms with Crippen molar-refractivity contribution in [2.45, 2.75) is 45.4 Å². The van der Waals surface area contributed by atoms with E-state index in [1.54, 1.807) is 0 Å². The number of nitrogens with zero attached hydrogens (tertiary/aromatic N) is 2. The van der Waals surface area contributed by atoms with E-state index in [1.807, 2.05) is 52.3 Å². The normalized spacial score (nSPS) is 15.3. The second kappa shape index (κ2) is 10.8. The largest absolute Gasteiger partial charge is 0.340 e. The van der Waals surface area contributed by atoms with Crippen molar-refractivity contribution in [3.05, 3.63) is 71.3 Å². The highest BCUT2D eigenvalue weighted by Gasteiger charge is 2.23. The van der Waals surface area contributed by atoms with Gasteiger partial charge in [0.15, 0.2) is 0 Å². The van der Waals surface area contributed by atoms with Crippen LogP contribution in [0.3, 0.4) is 0 Å². The predicted octanol–water partition coefficient (Wildman–Crippen LogP) is 4.05. The van der Waals surface area contributed by atoms with Crippen molar-refractivity contribution >= 4 is 11.8 Å². The highest BCUT2D eigenvalue weighted by Crippen LogP contribution is 2.23. The monoisotopic (exact) mass is 435 g/mol. The van der Waals surface area contributed by atoms with Crippen molar-refractivity contribution < 1.29 is 9.59 Å². The smallest absolute Gasteiger partial charge is 0.253 e.